The van der Waals surface area contributed by atoms with Gasteiger partial charge in [0, 0.05) is 12.6 Å². The molecule has 1 unspecified atom stereocenters. The Balaban J connectivity index is 2.35. The van der Waals surface area contributed by atoms with Crippen molar-refractivity contribution in [3.8, 4) is 0 Å². The average molecular weight is 256 g/mol. The highest BCUT2D eigenvalue weighted by Crippen LogP contribution is 2.23. The van der Waals surface area contributed by atoms with Gasteiger partial charge in [0.15, 0.2) is 0 Å². The lowest BCUT2D eigenvalue weighted by atomic mass is 10.1. The van der Waals surface area contributed by atoms with Crippen LogP contribution in [0.5, 0.6) is 0 Å². The zero-order chi connectivity index (χ0) is 13.4. The molecule has 1 aliphatic carbocycles. The Bertz CT molecular complexity index is 240. The molecule has 4 nitrogen and oxygen atoms in total. The van der Waals surface area contributed by atoms with Crippen molar-refractivity contribution in [3.05, 3.63) is 0 Å². The van der Waals surface area contributed by atoms with Crippen LogP contribution in [0.3, 0.4) is 0 Å². The zero-order valence-corrected chi connectivity index (χ0v) is 11.8. The molecule has 0 aromatic heterocycles. The van der Waals surface area contributed by atoms with E-state index in [1.54, 1.807) is 0 Å². The molecule has 0 amide bonds. The van der Waals surface area contributed by atoms with Crippen LogP contribution in [0.4, 0.5) is 0 Å². The normalized spacial score (nSPS) is 18.4. The van der Waals surface area contributed by atoms with Gasteiger partial charge in [-0.1, -0.05) is 26.7 Å². The van der Waals surface area contributed by atoms with E-state index in [2.05, 4.69) is 24.1 Å². The maximum atomic E-state index is 11.1. The number of nitrogens with zero attached hydrogens (tertiary/aromatic N) is 1. The molecule has 4 heteroatoms. The molecule has 0 aliphatic heterocycles. The van der Waals surface area contributed by atoms with Crippen LogP contribution in [0.25, 0.3) is 0 Å². The number of hydrogen-bond donors (Lipinski definition) is 2. The van der Waals surface area contributed by atoms with Crippen molar-refractivity contribution < 1.29 is 9.90 Å². The highest BCUT2D eigenvalue weighted by molar-refractivity contribution is 5.73. The van der Waals surface area contributed by atoms with Gasteiger partial charge in [0.2, 0.25) is 0 Å². The van der Waals surface area contributed by atoms with E-state index in [1.165, 1.54) is 25.7 Å². The fourth-order valence-electron chi connectivity index (χ4n) is 2.79. The Labute approximate surface area is 111 Å². The Morgan fingerprint density at radius 1 is 1.39 bits per heavy atom. The van der Waals surface area contributed by atoms with Gasteiger partial charge >= 0.3 is 5.97 Å². The third-order valence-electron chi connectivity index (χ3n) is 3.89. The molecule has 1 aliphatic rings. The van der Waals surface area contributed by atoms with Crippen LogP contribution in [0.15, 0.2) is 0 Å². The molecule has 1 atom stereocenters. The van der Waals surface area contributed by atoms with Gasteiger partial charge in [0.25, 0.3) is 0 Å². The third kappa shape index (κ3) is 4.94. The summed E-state index contributed by atoms with van der Waals surface area (Å²) < 4.78 is 0. The SMILES string of the molecule is CCCNC(CCN(CC)C1CCCC1)C(=O)O. The van der Waals surface area contributed by atoms with Gasteiger partial charge in [-0.05, 0) is 38.8 Å². The van der Waals surface area contributed by atoms with Gasteiger partial charge in [0.1, 0.15) is 6.04 Å². The van der Waals surface area contributed by atoms with E-state index < -0.39 is 5.97 Å². The van der Waals surface area contributed by atoms with Crippen molar-refractivity contribution in [2.45, 2.75) is 64.5 Å². The molecule has 0 bridgehead atoms. The zero-order valence-electron chi connectivity index (χ0n) is 11.8. The summed E-state index contributed by atoms with van der Waals surface area (Å²) in [6.07, 6.45) is 6.92. The molecule has 0 saturated heterocycles. The van der Waals surface area contributed by atoms with Crippen LogP contribution < -0.4 is 5.32 Å². The summed E-state index contributed by atoms with van der Waals surface area (Å²) in [5.41, 5.74) is 0. The summed E-state index contributed by atoms with van der Waals surface area (Å²) in [4.78, 5) is 13.6. The predicted molar refractivity (Wildman–Crippen MR) is 73.8 cm³/mol. The Kier molecular flexibility index (Phi) is 7.28. The molecular weight excluding hydrogens is 228 g/mol. The van der Waals surface area contributed by atoms with Crippen molar-refractivity contribution in [1.82, 2.24) is 10.2 Å². The Morgan fingerprint density at radius 3 is 2.56 bits per heavy atom. The smallest absolute Gasteiger partial charge is 0.320 e. The summed E-state index contributed by atoms with van der Waals surface area (Å²) in [5.74, 6) is -0.717. The fraction of sp³-hybridized carbons (Fsp3) is 0.929. The fourth-order valence-corrected chi connectivity index (χ4v) is 2.79. The molecule has 1 fully saturated rings. The monoisotopic (exact) mass is 256 g/mol. The first-order valence-corrected chi connectivity index (χ1v) is 7.39. The largest absolute Gasteiger partial charge is 0.480 e. The van der Waals surface area contributed by atoms with Gasteiger partial charge in [0.05, 0.1) is 0 Å². The summed E-state index contributed by atoms with van der Waals surface area (Å²) in [6, 6.07) is 0.302. The molecular formula is C14H28N2O2. The van der Waals surface area contributed by atoms with E-state index in [0.29, 0.717) is 12.5 Å². The first kappa shape index (κ1) is 15.4. The van der Waals surface area contributed by atoms with Crippen LogP contribution in [0, 0.1) is 0 Å². The lowest BCUT2D eigenvalue weighted by Crippen LogP contribution is -2.42. The molecule has 18 heavy (non-hydrogen) atoms. The number of hydrogen-bond acceptors (Lipinski definition) is 3. The maximum absolute atomic E-state index is 11.1. The number of carboxylic acids is 1. The number of aliphatic carboxylic acids is 1. The van der Waals surface area contributed by atoms with Crippen molar-refractivity contribution in [2.24, 2.45) is 0 Å². The molecule has 1 rings (SSSR count). The van der Waals surface area contributed by atoms with Crippen LogP contribution in [0.1, 0.15) is 52.4 Å². The van der Waals surface area contributed by atoms with Crippen molar-refractivity contribution in [2.75, 3.05) is 19.6 Å². The molecule has 106 valence electrons. The second-order valence-electron chi connectivity index (χ2n) is 5.20. The summed E-state index contributed by atoms with van der Waals surface area (Å²) >= 11 is 0. The Hall–Kier alpha value is -0.610. The van der Waals surface area contributed by atoms with Crippen LogP contribution >= 0.6 is 0 Å². The number of nitrogens with one attached hydrogen (secondary N) is 1. The van der Waals surface area contributed by atoms with E-state index >= 15 is 0 Å². The molecule has 2 N–H and O–H groups in total. The predicted octanol–water partition coefficient (Wildman–Crippen LogP) is 2.09. The van der Waals surface area contributed by atoms with E-state index in [0.717, 1.165) is 26.1 Å². The minimum atomic E-state index is -0.717. The quantitative estimate of drug-likeness (QED) is 0.663. The third-order valence-corrected chi connectivity index (χ3v) is 3.89. The second kappa shape index (κ2) is 8.48. The molecule has 1 saturated carbocycles. The number of rotatable bonds is 9. The number of carboxylic acid groups (broad SMARTS) is 1. The van der Waals surface area contributed by atoms with Crippen molar-refractivity contribution in [3.63, 3.8) is 0 Å². The van der Waals surface area contributed by atoms with Crippen LogP contribution in [0.2, 0.25) is 0 Å². The topological polar surface area (TPSA) is 52.6 Å². The van der Waals surface area contributed by atoms with Crippen LogP contribution in [-0.2, 0) is 4.79 Å². The van der Waals surface area contributed by atoms with Gasteiger partial charge in [-0.15, -0.1) is 0 Å². The van der Waals surface area contributed by atoms with Gasteiger partial charge in [-0.2, -0.15) is 0 Å². The maximum Gasteiger partial charge on any atom is 0.320 e. The molecule has 0 aromatic carbocycles. The van der Waals surface area contributed by atoms with E-state index in [1.807, 2.05) is 0 Å². The molecule has 0 heterocycles. The van der Waals surface area contributed by atoms with Crippen LogP contribution in [-0.4, -0.2) is 47.7 Å². The van der Waals surface area contributed by atoms with Gasteiger partial charge in [-0.25, -0.2) is 0 Å². The highest BCUT2D eigenvalue weighted by Gasteiger charge is 2.23. The summed E-state index contributed by atoms with van der Waals surface area (Å²) in [6.45, 7) is 6.95. The standard InChI is InChI=1S/C14H28N2O2/c1-3-10-15-13(14(17)18)9-11-16(4-2)12-7-5-6-8-12/h12-13,15H,3-11H2,1-2H3,(H,17,18). The van der Waals surface area contributed by atoms with Crippen molar-refractivity contribution >= 4 is 5.97 Å². The van der Waals surface area contributed by atoms with E-state index in [9.17, 15) is 4.79 Å². The molecule has 0 radical (unpaired) electrons. The first-order chi connectivity index (χ1) is 8.69. The van der Waals surface area contributed by atoms with E-state index in [4.69, 9.17) is 5.11 Å². The molecule has 0 spiro atoms. The first-order valence-electron chi connectivity index (χ1n) is 7.39. The van der Waals surface area contributed by atoms with E-state index in [-0.39, 0.29) is 6.04 Å². The number of carbonyl (C=O) groups is 1. The van der Waals surface area contributed by atoms with Gasteiger partial charge < -0.3 is 15.3 Å². The minimum Gasteiger partial charge on any atom is -0.480 e. The second-order valence-corrected chi connectivity index (χ2v) is 5.20. The minimum absolute atomic E-state index is 0.389. The molecule has 0 aromatic rings. The lowest BCUT2D eigenvalue weighted by molar-refractivity contribution is -0.139. The summed E-state index contributed by atoms with van der Waals surface area (Å²) in [5, 5.41) is 12.3. The Morgan fingerprint density at radius 2 is 2.06 bits per heavy atom. The summed E-state index contributed by atoms with van der Waals surface area (Å²) in [7, 11) is 0. The lowest BCUT2D eigenvalue weighted by Gasteiger charge is -2.28. The highest BCUT2D eigenvalue weighted by atomic mass is 16.4. The van der Waals surface area contributed by atoms with Crippen molar-refractivity contribution in [1.29, 1.82) is 0 Å². The average Bonchev–Trinajstić information content (AvgIpc) is 2.87. The van der Waals surface area contributed by atoms with Gasteiger partial charge in [-0.3, -0.25) is 4.79 Å².